The molecule has 0 fully saturated rings. The van der Waals surface area contributed by atoms with E-state index in [2.05, 4.69) is 5.32 Å². The number of hydrogen-bond donors (Lipinski definition) is 1. The minimum atomic E-state index is -0.422. The number of nitrogens with one attached hydrogen (secondary N) is 1. The van der Waals surface area contributed by atoms with Gasteiger partial charge >= 0.3 is 0 Å². The number of benzene rings is 3. The fourth-order valence-corrected chi connectivity index (χ4v) is 2.57. The van der Waals surface area contributed by atoms with Crippen molar-refractivity contribution in [3.8, 4) is 5.75 Å². The Labute approximate surface area is 156 Å². The Kier molecular flexibility index (Phi) is 5.79. The second-order valence-corrected chi connectivity index (χ2v) is 6.39. The molecule has 25 heavy (non-hydrogen) atoms. The Bertz CT molecular complexity index is 835. The van der Waals surface area contributed by atoms with Gasteiger partial charge in [-0.1, -0.05) is 47.5 Å². The molecule has 0 aliphatic rings. The Balaban J connectivity index is 1.53. The molecule has 0 aromatic heterocycles. The molecule has 0 bridgehead atoms. The van der Waals surface area contributed by atoms with Gasteiger partial charge in [0.25, 0.3) is 0 Å². The van der Waals surface area contributed by atoms with E-state index in [9.17, 15) is 4.39 Å². The minimum Gasteiger partial charge on any atom is -0.489 e. The van der Waals surface area contributed by atoms with Crippen LogP contribution in [0, 0.1) is 5.82 Å². The first-order valence-corrected chi connectivity index (χ1v) is 8.51. The van der Waals surface area contributed by atoms with E-state index in [1.807, 2.05) is 48.5 Å². The number of anilines is 1. The molecule has 0 saturated heterocycles. The predicted molar refractivity (Wildman–Crippen MR) is 101 cm³/mol. The summed E-state index contributed by atoms with van der Waals surface area (Å²) in [5, 5.41) is 4.03. The van der Waals surface area contributed by atoms with E-state index in [4.69, 9.17) is 27.9 Å². The zero-order chi connectivity index (χ0) is 17.6. The normalized spacial score (nSPS) is 10.5. The molecule has 0 amide bonds. The van der Waals surface area contributed by atoms with E-state index in [0.29, 0.717) is 18.2 Å². The molecule has 0 atom stereocenters. The highest BCUT2D eigenvalue weighted by molar-refractivity contribution is 6.31. The summed E-state index contributed by atoms with van der Waals surface area (Å²) < 4.78 is 18.9. The number of ether oxygens (including phenoxy) is 1. The number of halogens is 3. The molecule has 0 spiro atoms. The van der Waals surface area contributed by atoms with Gasteiger partial charge in [-0.15, -0.1) is 0 Å². The van der Waals surface area contributed by atoms with Crippen LogP contribution in [-0.2, 0) is 13.2 Å². The standard InChI is InChI=1S/C20H16Cl2FNO/c21-16-5-1-15(2-6-16)13-25-18-8-3-14(4-9-18)12-24-17-7-10-20(23)19(22)11-17/h1-11,24H,12-13H2. The van der Waals surface area contributed by atoms with Gasteiger partial charge in [-0.2, -0.15) is 0 Å². The van der Waals surface area contributed by atoms with Crippen molar-refractivity contribution < 1.29 is 9.13 Å². The molecule has 0 heterocycles. The second-order valence-electron chi connectivity index (χ2n) is 5.54. The first kappa shape index (κ1) is 17.6. The number of hydrogen-bond acceptors (Lipinski definition) is 2. The van der Waals surface area contributed by atoms with E-state index < -0.39 is 5.82 Å². The van der Waals surface area contributed by atoms with E-state index in [0.717, 1.165) is 22.6 Å². The Morgan fingerprint density at radius 2 is 1.52 bits per heavy atom. The van der Waals surface area contributed by atoms with Gasteiger partial charge in [0.1, 0.15) is 18.2 Å². The SMILES string of the molecule is Fc1ccc(NCc2ccc(OCc3ccc(Cl)cc3)cc2)cc1Cl. The molecule has 3 aromatic rings. The topological polar surface area (TPSA) is 21.3 Å². The van der Waals surface area contributed by atoms with Crippen molar-refractivity contribution in [2.24, 2.45) is 0 Å². The van der Waals surface area contributed by atoms with Crippen LogP contribution in [0.4, 0.5) is 10.1 Å². The summed E-state index contributed by atoms with van der Waals surface area (Å²) in [5.74, 6) is 0.373. The average Bonchev–Trinajstić information content (AvgIpc) is 2.63. The van der Waals surface area contributed by atoms with E-state index in [1.54, 1.807) is 12.1 Å². The third kappa shape index (κ3) is 5.12. The smallest absolute Gasteiger partial charge is 0.141 e. The maximum Gasteiger partial charge on any atom is 0.141 e. The second kappa shape index (κ2) is 8.24. The summed E-state index contributed by atoms with van der Waals surface area (Å²) in [6.07, 6.45) is 0. The van der Waals surface area contributed by atoms with E-state index in [1.165, 1.54) is 6.07 Å². The quantitative estimate of drug-likeness (QED) is 0.543. The number of rotatable bonds is 6. The monoisotopic (exact) mass is 375 g/mol. The van der Waals surface area contributed by atoms with Crippen LogP contribution in [0.1, 0.15) is 11.1 Å². The van der Waals surface area contributed by atoms with Crippen LogP contribution in [-0.4, -0.2) is 0 Å². The van der Waals surface area contributed by atoms with Gasteiger partial charge in [-0.05, 0) is 53.6 Å². The summed E-state index contributed by atoms with van der Waals surface area (Å²) >= 11 is 11.6. The maximum absolute atomic E-state index is 13.1. The third-order valence-electron chi connectivity index (χ3n) is 3.66. The third-order valence-corrected chi connectivity index (χ3v) is 4.20. The maximum atomic E-state index is 13.1. The zero-order valence-electron chi connectivity index (χ0n) is 13.3. The van der Waals surface area contributed by atoms with E-state index >= 15 is 0 Å². The van der Waals surface area contributed by atoms with Crippen molar-refractivity contribution in [1.29, 1.82) is 0 Å². The van der Waals surface area contributed by atoms with Gasteiger partial charge < -0.3 is 10.1 Å². The fraction of sp³-hybridized carbons (Fsp3) is 0.100. The van der Waals surface area contributed by atoms with Gasteiger partial charge in [0, 0.05) is 17.3 Å². The van der Waals surface area contributed by atoms with Crippen LogP contribution in [0.5, 0.6) is 5.75 Å². The van der Waals surface area contributed by atoms with Crippen LogP contribution >= 0.6 is 23.2 Å². The lowest BCUT2D eigenvalue weighted by Crippen LogP contribution is -2.00. The Morgan fingerprint density at radius 3 is 2.20 bits per heavy atom. The lowest BCUT2D eigenvalue weighted by molar-refractivity contribution is 0.306. The molecule has 3 rings (SSSR count). The van der Waals surface area contributed by atoms with Crippen molar-refractivity contribution >= 4 is 28.9 Å². The van der Waals surface area contributed by atoms with Crippen LogP contribution in [0.25, 0.3) is 0 Å². The first-order chi connectivity index (χ1) is 12.1. The average molecular weight is 376 g/mol. The van der Waals surface area contributed by atoms with Crippen molar-refractivity contribution in [2.75, 3.05) is 5.32 Å². The molecule has 0 unspecified atom stereocenters. The molecule has 0 saturated carbocycles. The van der Waals surface area contributed by atoms with Gasteiger partial charge in [-0.3, -0.25) is 0 Å². The van der Waals surface area contributed by atoms with Crippen molar-refractivity contribution in [1.82, 2.24) is 0 Å². The summed E-state index contributed by atoms with van der Waals surface area (Å²) in [6.45, 7) is 1.10. The molecule has 128 valence electrons. The molecule has 0 radical (unpaired) electrons. The van der Waals surface area contributed by atoms with Gasteiger partial charge in [0.05, 0.1) is 5.02 Å². The van der Waals surface area contributed by atoms with Crippen molar-refractivity contribution in [2.45, 2.75) is 13.2 Å². The first-order valence-electron chi connectivity index (χ1n) is 7.75. The van der Waals surface area contributed by atoms with Crippen LogP contribution < -0.4 is 10.1 Å². The van der Waals surface area contributed by atoms with Gasteiger partial charge in [0.2, 0.25) is 0 Å². The van der Waals surface area contributed by atoms with Crippen molar-refractivity contribution in [3.05, 3.63) is 93.7 Å². The molecule has 0 aliphatic carbocycles. The molecule has 2 nitrogen and oxygen atoms in total. The lowest BCUT2D eigenvalue weighted by atomic mass is 10.2. The molecule has 0 aliphatic heterocycles. The fourth-order valence-electron chi connectivity index (χ4n) is 2.26. The largest absolute Gasteiger partial charge is 0.489 e. The summed E-state index contributed by atoms with van der Waals surface area (Å²) in [4.78, 5) is 0. The Hall–Kier alpha value is -2.23. The van der Waals surface area contributed by atoms with Crippen molar-refractivity contribution in [3.63, 3.8) is 0 Å². The molecular weight excluding hydrogens is 360 g/mol. The lowest BCUT2D eigenvalue weighted by Gasteiger charge is -2.09. The van der Waals surface area contributed by atoms with Gasteiger partial charge in [0.15, 0.2) is 0 Å². The molecule has 3 aromatic carbocycles. The summed E-state index contributed by atoms with van der Waals surface area (Å²) in [6, 6.07) is 19.9. The highest BCUT2D eigenvalue weighted by Gasteiger charge is 2.01. The Morgan fingerprint density at radius 1 is 0.840 bits per heavy atom. The summed E-state index contributed by atoms with van der Waals surface area (Å²) in [5.41, 5.74) is 2.91. The minimum absolute atomic E-state index is 0.107. The van der Waals surface area contributed by atoms with E-state index in [-0.39, 0.29) is 5.02 Å². The molecular formula is C20H16Cl2FNO. The van der Waals surface area contributed by atoms with Gasteiger partial charge in [-0.25, -0.2) is 4.39 Å². The molecule has 5 heteroatoms. The van der Waals surface area contributed by atoms with Crippen LogP contribution in [0.2, 0.25) is 10.0 Å². The highest BCUT2D eigenvalue weighted by atomic mass is 35.5. The zero-order valence-corrected chi connectivity index (χ0v) is 14.8. The summed E-state index contributed by atoms with van der Waals surface area (Å²) in [7, 11) is 0. The van der Waals surface area contributed by atoms with Crippen LogP contribution in [0.3, 0.4) is 0 Å². The predicted octanol–water partition coefficient (Wildman–Crippen LogP) is 6.32. The molecule has 1 N–H and O–H groups in total. The van der Waals surface area contributed by atoms with Crippen LogP contribution in [0.15, 0.2) is 66.7 Å². The highest BCUT2D eigenvalue weighted by Crippen LogP contribution is 2.21.